The Hall–Kier alpha value is -1.61. The number of oxazole rings is 1. The molecule has 0 N–H and O–H groups in total. The van der Waals surface area contributed by atoms with E-state index >= 15 is 0 Å². The van der Waals surface area contributed by atoms with Gasteiger partial charge in [-0.3, -0.25) is 4.79 Å². The smallest absolute Gasteiger partial charge is 0.228 e. The Labute approximate surface area is 85.3 Å². The van der Waals surface area contributed by atoms with Crippen molar-refractivity contribution in [2.24, 2.45) is 0 Å². The Morgan fingerprint density at radius 2 is 2.00 bits per heavy atom. The number of aromatic nitrogens is 1. The van der Waals surface area contributed by atoms with Crippen LogP contribution in [0.25, 0.3) is 11.5 Å². The molecule has 1 aromatic carbocycles. The number of nitrogens with zero attached hydrogens (tertiary/aromatic N) is 1. The van der Waals surface area contributed by atoms with Gasteiger partial charge in [0, 0.05) is 5.56 Å². The van der Waals surface area contributed by atoms with Crippen LogP contribution in [-0.2, 0) is 0 Å². The zero-order chi connectivity index (χ0) is 9.97. The van der Waals surface area contributed by atoms with Gasteiger partial charge in [0.05, 0.1) is 0 Å². The van der Waals surface area contributed by atoms with E-state index in [-0.39, 0.29) is 10.9 Å². The molecule has 0 bridgehead atoms. The number of hydrogen-bond donors (Lipinski definition) is 0. The van der Waals surface area contributed by atoms with E-state index in [1.54, 1.807) is 0 Å². The van der Waals surface area contributed by atoms with Gasteiger partial charge in [-0.25, -0.2) is 4.98 Å². The quantitative estimate of drug-likeness (QED) is 0.712. The van der Waals surface area contributed by atoms with Crippen molar-refractivity contribution in [3.63, 3.8) is 0 Å². The molecule has 0 saturated carbocycles. The Kier molecular flexibility index (Phi) is 2.33. The highest BCUT2D eigenvalue weighted by Crippen LogP contribution is 2.23. The molecule has 0 fully saturated rings. The van der Waals surface area contributed by atoms with E-state index in [1.807, 2.05) is 30.3 Å². The minimum atomic E-state index is 0.0267. The molecule has 4 heteroatoms. The molecule has 1 heterocycles. The van der Waals surface area contributed by atoms with Crippen LogP contribution in [0.15, 0.2) is 34.7 Å². The van der Waals surface area contributed by atoms with Crippen LogP contribution in [0.4, 0.5) is 0 Å². The van der Waals surface area contributed by atoms with Crippen molar-refractivity contribution in [1.82, 2.24) is 4.98 Å². The van der Waals surface area contributed by atoms with Crippen molar-refractivity contribution >= 4 is 17.9 Å². The molecule has 0 atom stereocenters. The van der Waals surface area contributed by atoms with Crippen LogP contribution in [0, 0.1) is 0 Å². The van der Waals surface area contributed by atoms with Crippen molar-refractivity contribution < 1.29 is 9.21 Å². The van der Waals surface area contributed by atoms with Crippen LogP contribution in [0.5, 0.6) is 0 Å². The lowest BCUT2D eigenvalue weighted by Crippen LogP contribution is -1.80. The lowest BCUT2D eigenvalue weighted by atomic mass is 10.2. The van der Waals surface area contributed by atoms with E-state index in [1.165, 1.54) is 0 Å². The summed E-state index contributed by atoms with van der Waals surface area (Å²) in [5.41, 5.74) is 0.924. The standard InChI is InChI=1S/C10H6ClNO2/c11-9-8(6-13)12-10(14-9)7-4-2-1-3-5-7/h1-6H. The zero-order valence-electron chi connectivity index (χ0n) is 7.11. The molecule has 0 radical (unpaired) electrons. The topological polar surface area (TPSA) is 43.1 Å². The SMILES string of the molecule is O=Cc1nc(-c2ccccc2)oc1Cl. The van der Waals surface area contributed by atoms with Gasteiger partial charge in [0.25, 0.3) is 0 Å². The molecule has 3 nitrogen and oxygen atoms in total. The van der Waals surface area contributed by atoms with Crippen LogP contribution >= 0.6 is 11.6 Å². The minimum absolute atomic E-state index is 0.0267. The maximum Gasteiger partial charge on any atom is 0.228 e. The normalized spacial score (nSPS) is 10.1. The summed E-state index contributed by atoms with van der Waals surface area (Å²) in [5, 5.41) is 0.0267. The fourth-order valence-electron chi connectivity index (χ4n) is 1.09. The van der Waals surface area contributed by atoms with Gasteiger partial charge in [-0.2, -0.15) is 0 Å². The maximum absolute atomic E-state index is 10.5. The Balaban J connectivity index is 2.48. The number of rotatable bonds is 2. The largest absolute Gasteiger partial charge is 0.424 e. The first-order valence-corrected chi connectivity index (χ1v) is 4.36. The molecule has 0 saturated heterocycles. The number of carbonyl (C=O) groups is 1. The van der Waals surface area contributed by atoms with Gasteiger partial charge in [-0.15, -0.1) is 0 Å². The predicted octanol–water partition coefficient (Wildman–Crippen LogP) is 2.81. The van der Waals surface area contributed by atoms with E-state index in [2.05, 4.69) is 4.98 Å². The summed E-state index contributed by atoms with van der Waals surface area (Å²) in [5.74, 6) is 0.359. The van der Waals surface area contributed by atoms with Gasteiger partial charge in [0.2, 0.25) is 11.1 Å². The molecule has 70 valence electrons. The van der Waals surface area contributed by atoms with Gasteiger partial charge in [0.15, 0.2) is 12.0 Å². The highest BCUT2D eigenvalue weighted by atomic mass is 35.5. The molecule has 0 aliphatic heterocycles. The fourth-order valence-corrected chi connectivity index (χ4v) is 1.25. The molecular weight excluding hydrogens is 202 g/mol. The van der Waals surface area contributed by atoms with Crippen LogP contribution in [0.1, 0.15) is 10.5 Å². The van der Waals surface area contributed by atoms with Crippen molar-refractivity contribution in [3.05, 3.63) is 41.2 Å². The summed E-state index contributed by atoms with van der Waals surface area (Å²) in [4.78, 5) is 14.4. The molecule has 0 amide bonds. The third kappa shape index (κ3) is 1.54. The second-order valence-corrected chi connectivity index (χ2v) is 3.01. The molecule has 2 aromatic rings. The lowest BCUT2D eigenvalue weighted by Gasteiger charge is -1.91. The summed E-state index contributed by atoms with van der Waals surface area (Å²) < 4.78 is 5.11. The molecule has 1 aromatic heterocycles. The Morgan fingerprint density at radius 1 is 1.29 bits per heavy atom. The molecule has 0 spiro atoms. The van der Waals surface area contributed by atoms with Crippen molar-refractivity contribution in [3.8, 4) is 11.5 Å². The summed E-state index contributed by atoms with van der Waals surface area (Å²) >= 11 is 5.63. The van der Waals surface area contributed by atoms with Gasteiger partial charge in [-0.05, 0) is 23.7 Å². The number of benzene rings is 1. The second-order valence-electron chi connectivity index (χ2n) is 2.66. The maximum atomic E-state index is 10.5. The van der Waals surface area contributed by atoms with E-state index in [4.69, 9.17) is 16.0 Å². The number of carbonyl (C=O) groups excluding carboxylic acids is 1. The monoisotopic (exact) mass is 207 g/mol. The molecule has 14 heavy (non-hydrogen) atoms. The third-order valence-electron chi connectivity index (χ3n) is 1.74. The lowest BCUT2D eigenvalue weighted by molar-refractivity contribution is 0.111. The molecule has 0 aliphatic carbocycles. The van der Waals surface area contributed by atoms with Gasteiger partial charge in [0.1, 0.15) is 0 Å². The van der Waals surface area contributed by atoms with Crippen LogP contribution < -0.4 is 0 Å². The molecular formula is C10H6ClNO2. The van der Waals surface area contributed by atoms with E-state index in [9.17, 15) is 4.79 Å². The first-order chi connectivity index (χ1) is 6.81. The van der Waals surface area contributed by atoms with Crippen LogP contribution in [0.3, 0.4) is 0 Å². The van der Waals surface area contributed by atoms with Gasteiger partial charge >= 0.3 is 0 Å². The highest BCUT2D eigenvalue weighted by Gasteiger charge is 2.11. The highest BCUT2D eigenvalue weighted by molar-refractivity contribution is 6.31. The third-order valence-corrected chi connectivity index (χ3v) is 2.01. The van der Waals surface area contributed by atoms with Gasteiger partial charge < -0.3 is 4.42 Å². The number of hydrogen-bond acceptors (Lipinski definition) is 3. The van der Waals surface area contributed by atoms with E-state index in [0.29, 0.717) is 12.2 Å². The first kappa shape index (κ1) is 8.97. The summed E-state index contributed by atoms with van der Waals surface area (Å²) in [7, 11) is 0. The minimum Gasteiger partial charge on any atom is -0.424 e. The second kappa shape index (κ2) is 3.64. The van der Waals surface area contributed by atoms with Gasteiger partial charge in [-0.1, -0.05) is 18.2 Å². The molecule has 0 unspecified atom stereocenters. The Morgan fingerprint density at radius 3 is 2.57 bits per heavy atom. The average molecular weight is 208 g/mol. The predicted molar refractivity (Wildman–Crippen MR) is 52.3 cm³/mol. The number of halogens is 1. The summed E-state index contributed by atoms with van der Waals surface area (Å²) in [6, 6.07) is 9.25. The van der Waals surface area contributed by atoms with Crippen molar-refractivity contribution in [2.45, 2.75) is 0 Å². The summed E-state index contributed by atoms with van der Waals surface area (Å²) in [6.45, 7) is 0. The average Bonchev–Trinajstić information content (AvgIpc) is 2.61. The van der Waals surface area contributed by atoms with Crippen molar-refractivity contribution in [1.29, 1.82) is 0 Å². The van der Waals surface area contributed by atoms with Crippen molar-refractivity contribution in [2.75, 3.05) is 0 Å². The van der Waals surface area contributed by atoms with E-state index < -0.39 is 0 Å². The van der Waals surface area contributed by atoms with Crippen LogP contribution in [-0.4, -0.2) is 11.3 Å². The molecule has 0 aliphatic rings. The first-order valence-electron chi connectivity index (χ1n) is 3.98. The molecule has 2 rings (SSSR count). The Bertz CT molecular complexity index is 450. The van der Waals surface area contributed by atoms with Crippen LogP contribution in [0.2, 0.25) is 5.22 Å². The zero-order valence-corrected chi connectivity index (χ0v) is 7.86. The summed E-state index contributed by atoms with van der Waals surface area (Å²) in [6.07, 6.45) is 0.568. The fraction of sp³-hybridized carbons (Fsp3) is 0. The van der Waals surface area contributed by atoms with E-state index in [0.717, 1.165) is 5.56 Å². The number of aldehydes is 1.